The molecule has 0 fully saturated rings. The highest BCUT2D eigenvalue weighted by molar-refractivity contribution is 5.99. The van der Waals surface area contributed by atoms with Gasteiger partial charge in [-0.05, 0) is 66.8 Å². The highest BCUT2D eigenvalue weighted by Gasteiger charge is 2.30. The van der Waals surface area contributed by atoms with Gasteiger partial charge in [0.25, 0.3) is 0 Å². The van der Waals surface area contributed by atoms with Gasteiger partial charge in [0.1, 0.15) is 6.10 Å². The standard InChI is InChI=1S/C29H27F3N2O2.ClH/c1-4-18(2)21-11-14-23-26(15-16-33-27(23)17-21)34-25-8-6-5-7-24(25)28(35)36-19(3)20-9-12-22(13-10-20)29(30,31)32;/h5-19H,4H2,1-3H3,(H,33,34);1H. The van der Waals surface area contributed by atoms with E-state index in [0.29, 0.717) is 22.7 Å². The first kappa shape index (κ1) is 28.0. The van der Waals surface area contributed by atoms with Crippen LogP contribution in [0.2, 0.25) is 0 Å². The maximum absolute atomic E-state index is 13.0. The average Bonchev–Trinajstić information content (AvgIpc) is 2.88. The first-order valence-electron chi connectivity index (χ1n) is 11.8. The Bertz CT molecular complexity index is 1370. The molecule has 8 heteroatoms. The minimum absolute atomic E-state index is 0. The molecular formula is C29H28ClF3N2O2. The number of anilines is 2. The van der Waals surface area contributed by atoms with E-state index < -0.39 is 23.8 Å². The van der Waals surface area contributed by atoms with Gasteiger partial charge in [-0.3, -0.25) is 4.98 Å². The number of halogens is 4. The van der Waals surface area contributed by atoms with Gasteiger partial charge in [-0.15, -0.1) is 12.4 Å². The fraction of sp³-hybridized carbons (Fsp3) is 0.241. The Morgan fingerprint density at radius 1 is 0.946 bits per heavy atom. The summed E-state index contributed by atoms with van der Waals surface area (Å²) in [6.45, 7) is 5.95. The molecule has 4 aromatic rings. The third-order valence-corrected chi connectivity index (χ3v) is 6.36. The minimum atomic E-state index is -4.42. The van der Waals surface area contributed by atoms with Gasteiger partial charge in [0.15, 0.2) is 0 Å². The van der Waals surface area contributed by atoms with Crippen LogP contribution < -0.4 is 5.32 Å². The second kappa shape index (κ2) is 11.6. The number of rotatable bonds is 7. The van der Waals surface area contributed by atoms with Crippen LogP contribution in [0.3, 0.4) is 0 Å². The van der Waals surface area contributed by atoms with Crippen molar-refractivity contribution >= 4 is 40.7 Å². The lowest BCUT2D eigenvalue weighted by Crippen LogP contribution is -2.12. The first-order valence-corrected chi connectivity index (χ1v) is 11.8. The molecule has 3 aromatic carbocycles. The van der Waals surface area contributed by atoms with Crippen LogP contribution in [0.5, 0.6) is 0 Å². The molecule has 2 unspecified atom stereocenters. The quantitative estimate of drug-likeness (QED) is 0.243. The van der Waals surface area contributed by atoms with E-state index >= 15 is 0 Å². The van der Waals surface area contributed by atoms with Crippen LogP contribution in [0.25, 0.3) is 10.9 Å². The average molecular weight is 529 g/mol. The van der Waals surface area contributed by atoms with Crippen molar-refractivity contribution in [3.63, 3.8) is 0 Å². The molecule has 0 aliphatic rings. The van der Waals surface area contributed by atoms with E-state index in [1.165, 1.54) is 17.7 Å². The number of alkyl halides is 3. The molecule has 0 amide bonds. The molecule has 37 heavy (non-hydrogen) atoms. The third-order valence-electron chi connectivity index (χ3n) is 6.36. The molecule has 0 aliphatic heterocycles. The number of nitrogens with one attached hydrogen (secondary N) is 1. The lowest BCUT2D eigenvalue weighted by atomic mass is 9.97. The highest BCUT2D eigenvalue weighted by atomic mass is 35.5. The summed E-state index contributed by atoms with van der Waals surface area (Å²) in [5.41, 5.74) is 3.47. The largest absolute Gasteiger partial charge is 0.454 e. The van der Waals surface area contributed by atoms with Crippen molar-refractivity contribution in [3.8, 4) is 0 Å². The Balaban J connectivity index is 0.00000380. The summed E-state index contributed by atoms with van der Waals surface area (Å²) >= 11 is 0. The smallest absolute Gasteiger partial charge is 0.416 e. The molecule has 0 saturated carbocycles. The van der Waals surface area contributed by atoms with Crippen LogP contribution >= 0.6 is 12.4 Å². The molecule has 1 N–H and O–H groups in total. The maximum Gasteiger partial charge on any atom is 0.416 e. The van der Waals surface area contributed by atoms with Crippen LogP contribution in [0.4, 0.5) is 24.5 Å². The normalized spacial score (nSPS) is 12.9. The second-order valence-electron chi connectivity index (χ2n) is 8.78. The molecule has 0 aliphatic carbocycles. The molecular weight excluding hydrogens is 501 g/mol. The summed E-state index contributed by atoms with van der Waals surface area (Å²) in [7, 11) is 0. The number of nitrogens with zero attached hydrogens (tertiary/aromatic N) is 1. The fourth-order valence-electron chi connectivity index (χ4n) is 3.97. The molecule has 1 aromatic heterocycles. The maximum atomic E-state index is 13.0. The lowest BCUT2D eigenvalue weighted by molar-refractivity contribution is -0.137. The molecule has 2 atom stereocenters. The Labute approximate surface area is 220 Å². The van der Waals surface area contributed by atoms with Crippen LogP contribution in [0, 0.1) is 0 Å². The van der Waals surface area contributed by atoms with Crippen LogP contribution in [0.15, 0.2) is 79.0 Å². The molecule has 4 nitrogen and oxygen atoms in total. The molecule has 1 heterocycles. The number of ether oxygens (including phenoxy) is 1. The summed E-state index contributed by atoms with van der Waals surface area (Å²) in [6, 6.07) is 19.6. The van der Waals surface area contributed by atoms with Crippen LogP contribution in [-0.2, 0) is 10.9 Å². The number of hydrogen-bond acceptors (Lipinski definition) is 4. The van der Waals surface area contributed by atoms with E-state index in [-0.39, 0.29) is 12.4 Å². The molecule has 0 bridgehead atoms. The number of hydrogen-bond donors (Lipinski definition) is 1. The summed E-state index contributed by atoms with van der Waals surface area (Å²) in [4.78, 5) is 17.5. The van der Waals surface area contributed by atoms with Crippen molar-refractivity contribution in [2.75, 3.05) is 5.32 Å². The number of para-hydroxylation sites is 1. The van der Waals surface area contributed by atoms with Gasteiger partial charge in [-0.25, -0.2) is 4.79 Å². The number of benzene rings is 3. The Kier molecular flexibility index (Phi) is 8.81. The minimum Gasteiger partial charge on any atom is -0.454 e. The van der Waals surface area contributed by atoms with Crippen molar-refractivity contribution < 1.29 is 22.7 Å². The summed E-state index contributed by atoms with van der Waals surface area (Å²) in [5.74, 6) is -0.155. The second-order valence-corrected chi connectivity index (χ2v) is 8.78. The zero-order valence-corrected chi connectivity index (χ0v) is 21.5. The molecule has 194 valence electrons. The highest BCUT2D eigenvalue weighted by Crippen LogP contribution is 2.32. The number of esters is 1. The number of fused-ring (bicyclic) bond motifs is 1. The van der Waals surface area contributed by atoms with Gasteiger partial charge in [-0.2, -0.15) is 13.2 Å². The summed E-state index contributed by atoms with van der Waals surface area (Å²) < 4.78 is 44.1. The van der Waals surface area contributed by atoms with Crippen molar-refractivity contribution in [2.24, 2.45) is 0 Å². The first-order chi connectivity index (χ1) is 17.2. The Hall–Kier alpha value is -3.58. The number of pyridine rings is 1. The number of aromatic nitrogens is 1. The van der Waals surface area contributed by atoms with E-state index in [1.54, 1.807) is 31.3 Å². The van der Waals surface area contributed by atoms with E-state index in [9.17, 15) is 18.0 Å². The van der Waals surface area contributed by atoms with Gasteiger partial charge >= 0.3 is 12.1 Å². The molecule has 4 rings (SSSR count). The topological polar surface area (TPSA) is 51.2 Å². The van der Waals surface area contributed by atoms with Crippen LogP contribution in [-0.4, -0.2) is 11.0 Å². The predicted octanol–water partition coefficient (Wildman–Crippen LogP) is 8.85. The van der Waals surface area contributed by atoms with Gasteiger partial charge in [0.2, 0.25) is 0 Å². The van der Waals surface area contributed by atoms with Crippen molar-refractivity contribution in [2.45, 2.75) is 45.4 Å². The van der Waals surface area contributed by atoms with E-state index in [2.05, 4.69) is 36.3 Å². The number of carbonyl (C=O) groups is 1. The zero-order valence-electron chi connectivity index (χ0n) is 20.7. The van der Waals surface area contributed by atoms with E-state index in [1.807, 2.05) is 18.2 Å². The molecule has 0 spiro atoms. The SMILES string of the molecule is CCC(C)c1ccc2c(Nc3ccccc3C(=O)OC(C)c3ccc(C(F)(F)F)cc3)ccnc2c1.Cl. The van der Waals surface area contributed by atoms with Gasteiger partial charge in [-0.1, -0.05) is 50.2 Å². The van der Waals surface area contributed by atoms with Gasteiger partial charge in [0.05, 0.1) is 22.3 Å². The van der Waals surface area contributed by atoms with E-state index in [0.717, 1.165) is 35.1 Å². The predicted molar refractivity (Wildman–Crippen MR) is 143 cm³/mol. The Morgan fingerprint density at radius 2 is 1.62 bits per heavy atom. The van der Waals surface area contributed by atoms with Crippen molar-refractivity contribution in [3.05, 3.63) is 101 Å². The summed E-state index contributed by atoms with van der Waals surface area (Å²) in [5, 5.41) is 4.25. The monoisotopic (exact) mass is 528 g/mol. The van der Waals surface area contributed by atoms with Crippen molar-refractivity contribution in [1.29, 1.82) is 0 Å². The van der Waals surface area contributed by atoms with Gasteiger partial charge < -0.3 is 10.1 Å². The number of carbonyl (C=O) groups excluding carboxylic acids is 1. The van der Waals surface area contributed by atoms with Crippen molar-refractivity contribution in [1.82, 2.24) is 4.98 Å². The van der Waals surface area contributed by atoms with Gasteiger partial charge in [0, 0.05) is 17.3 Å². The fourth-order valence-corrected chi connectivity index (χ4v) is 3.97. The lowest BCUT2D eigenvalue weighted by Gasteiger charge is -2.17. The summed E-state index contributed by atoms with van der Waals surface area (Å²) in [6.07, 6.45) is -2.40. The van der Waals surface area contributed by atoms with E-state index in [4.69, 9.17) is 4.74 Å². The molecule has 0 saturated heterocycles. The van der Waals surface area contributed by atoms with Crippen LogP contribution in [0.1, 0.15) is 66.3 Å². The Morgan fingerprint density at radius 3 is 2.30 bits per heavy atom. The zero-order chi connectivity index (χ0) is 25.9. The molecule has 0 radical (unpaired) electrons. The third kappa shape index (κ3) is 6.41.